The van der Waals surface area contributed by atoms with E-state index in [9.17, 15) is 9.59 Å². The van der Waals surface area contributed by atoms with Crippen LogP contribution in [0.2, 0.25) is 0 Å². The molecule has 2 aromatic rings. The summed E-state index contributed by atoms with van der Waals surface area (Å²) in [4.78, 5) is 27.8. The molecule has 0 aliphatic carbocycles. The number of aryl methyl sites for hydroxylation is 1. The maximum atomic E-state index is 11.9. The highest BCUT2D eigenvalue weighted by Gasteiger charge is 2.08. The molecule has 0 atom stereocenters. The Balaban J connectivity index is 1.74. The molecule has 0 saturated carbocycles. The van der Waals surface area contributed by atoms with Crippen LogP contribution in [-0.2, 0) is 16.0 Å². The zero-order valence-corrected chi connectivity index (χ0v) is 14.2. The molecule has 0 fully saturated rings. The van der Waals surface area contributed by atoms with Crippen molar-refractivity contribution in [1.82, 2.24) is 10.3 Å². The molecule has 3 N–H and O–H groups in total. The molecule has 0 unspecified atom stereocenters. The van der Waals surface area contributed by atoms with Gasteiger partial charge in [0.2, 0.25) is 5.91 Å². The number of nitrogens with one attached hydrogen (secondary N) is 3. The number of hydrogen-bond donors (Lipinski definition) is 3. The summed E-state index contributed by atoms with van der Waals surface area (Å²) in [5.41, 5.74) is 1.48. The van der Waals surface area contributed by atoms with Crippen LogP contribution in [-0.4, -0.2) is 37.2 Å². The molecule has 0 spiro atoms. The van der Waals surface area contributed by atoms with Gasteiger partial charge in [0, 0.05) is 31.1 Å². The number of carbonyl (C=O) groups excluding carboxylic acids is 2. The molecule has 1 heterocycles. The van der Waals surface area contributed by atoms with Crippen LogP contribution in [0.15, 0.2) is 35.7 Å². The third-order valence-corrected chi connectivity index (χ3v) is 3.85. The number of benzene rings is 1. The second-order valence-corrected chi connectivity index (χ2v) is 5.79. The molecule has 3 amide bonds. The summed E-state index contributed by atoms with van der Waals surface area (Å²) < 4.78 is 4.87. The molecule has 0 bridgehead atoms. The first-order valence-corrected chi connectivity index (χ1v) is 8.38. The fraction of sp³-hybridized carbons (Fsp3) is 0.312. The molecule has 0 aliphatic rings. The fourth-order valence-electron chi connectivity index (χ4n) is 1.88. The van der Waals surface area contributed by atoms with E-state index in [2.05, 4.69) is 20.9 Å². The number of amides is 3. The SMILES string of the molecule is COCCNC(=O)CCc1csc(NC(=O)Nc2ccccc2)n1. The quantitative estimate of drug-likeness (QED) is 0.639. The van der Waals surface area contributed by atoms with Crippen molar-refractivity contribution in [1.29, 1.82) is 0 Å². The van der Waals surface area contributed by atoms with Crippen molar-refractivity contribution in [3.8, 4) is 0 Å². The number of nitrogens with zero attached hydrogens (tertiary/aromatic N) is 1. The number of anilines is 2. The van der Waals surface area contributed by atoms with Crippen molar-refractivity contribution in [3.05, 3.63) is 41.4 Å². The molecule has 1 aromatic carbocycles. The highest BCUT2D eigenvalue weighted by Crippen LogP contribution is 2.17. The largest absolute Gasteiger partial charge is 0.383 e. The molecule has 0 aliphatic heterocycles. The van der Waals surface area contributed by atoms with Crippen LogP contribution in [0.3, 0.4) is 0 Å². The van der Waals surface area contributed by atoms with E-state index in [1.807, 2.05) is 23.6 Å². The van der Waals surface area contributed by atoms with Gasteiger partial charge < -0.3 is 15.4 Å². The van der Waals surface area contributed by atoms with Crippen LogP contribution >= 0.6 is 11.3 Å². The number of para-hydroxylation sites is 1. The average Bonchev–Trinajstić information content (AvgIpc) is 3.01. The minimum atomic E-state index is -0.348. The van der Waals surface area contributed by atoms with E-state index in [0.717, 1.165) is 5.69 Å². The Hall–Kier alpha value is -2.45. The zero-order valence-electron chi connectivity index (χ0n) is 13.4. The summed E-state index contributed by atoms with van der Waals surface area (Å²) >= 11 is 1.33. The summed E-state index contributed by atoms with van der Waals surface area (Å²) in [5.74, 6) is -0.0450. The van der Waals surface area contributed by atoms with Gasteiger partial charge in [-0.25, -0.2) is 9.78 Å². The van der Waals surface area contributed by atoms with Gasteiger partial charge in [0.15, 0.2) is 5.13 Å². The third-order valence-electron chi connectivity index (χ3n) is 3.04. The summed E-state index contributed by atoms with van der Waals surface area (Å²) in [6.07, 6.45) is 0.875. The maximum absolute atomic E-state index is 11.9. The van der Waals surface area contributed by atoms with Crippen LogP contribution in [0.5, 0.6) is 0 Å². The van der Waals surface area contributed by atoms with Crippen LogP contribution in [0.1, 0.15) is 12.1 Å². The number of urea groups is 1. The molecule has 128 valence electrons. The topological polar surface area (TPSA) is 92.4 Å². The Bertz CT molecular complexity index is 660. The number of rotatable bonds is 8. The van der Waals surface area contributed by atoms with E-state index in [0.29, 0.717) is 36.8 Å². The van der Waals surface area contributed by atoms with Crippen molar-refractivity contribution in [2.45, 2.75) is 12.8 Å². The lowest BCUT2D eigenvalue weighted by Gasteiger charge is -2.04. The first-order chi connectivity index (χ1) is 11.7. The molecule has 0 saturated heterocycles. The van der Waals surface area contributed by atoms with Gasteiger partial charge in [-0.2, -0.15) is 0 Å². The average molecular weight is 348 g/mol. The molecule has 24 heavy (non-hydrogen) atoms. The zero-order chi connectivity index (χ0) is 17.2. The second kappa shape index (κ2) is 9.64. The Kier molecular flexibility index (Phi) is 7.19. The molecule has 7 nitrogen and oxygen atoms in total. The molecule has 0 radical (unpaired) electrons. The minimum absolute atomic E-state index is 0.0450. The highest BCUT2D eigenvalue weighted by atomic mass is 32.1. The summed E-state index contributed by atoms with van der Waals surface area (Å²) in [6, 6.07) is 8.81. The standard InChI is InChI=1S/C16H20N4O3S/c1-23-10-9-17-14(21)8-7-13-11-24-16(19-13)20-15(22)18-12-5-3-2-4-6-12/h2-6,11H,7-10H2,1H3,(H,17,21)(H2,18,19,20,22). The van der Waals surface area contributed by atoms with Gasteiger partial charge in [-0.15, -0.1) is 11.3 Å². The van der Waals surface area contributed by atoms with E-state index in [-0.39, 0.29) is 11.9 Å². The number of ether oxygens (including phenoxy) is 1. The lowest BCUT2D eigenvalue weighted by molar-refractivity contribution is -0.121. The Labute approximate surface area is 144 Å². The number of thiazole rings is 1. The van der Waals surface area contributed by atoms with Gasteiger partial charge in [-0.3, -0.25) is 10.1 Å². The predicted molar refractivity (Wildman–Crippen MR) is 94.4 cm³/mol. The smallest absolute Gasteiger partial charge is 0.325 e. The molecule has 2 rings (SSSR count). The van der Waals surface area contributed by atoms with Crippen LogP contribution < -0.4 is 16.0 Å². The van der Waals surface area contributed by atoms with Crippen molar-refractivity contribution in [3.63, 3.8) is 0 Å². The highest BCUT2D eigenvalue weighted by molar-refractivity contribution is 7.13. The predicted octanol–water partition coefficient (Wildman–Crippen LogP) is 2.48. The minimum Gasteiger partial charge on any atom is -0.383 e. The monoisotopic (exact) mass is 348 g/mol. The van der Waals surface area contributed by atoms with Crippen molar-refractivity contribution in [2.75, 3.05) is 30.9 Å². The number of hydrogen-bond acceptors (Lipinski definition) is 5. The molecular formula is C16H20N4O3S. The number of aromatic nitrogens is 1. The second-order valence-electron chi connectivity index (χ2n) is 4.93. The van der Waals surface area contributed by atoms with Gasteiger partial charge in [-0.05, 0) is 18.6 Å². The van der Waals surface area contributed by atoms with Crippen molar-refractivity contribution < 1.29 is 14.3 Å². The first kappa shape index (κ1) is 17.9. The van der Waals surface area contributed by atoms with E-state index in [1.54, 1.807) is 19.2 Å². The lowest BCUT2D eigenvalue weighted by atomic mass is 10.2. The van der Waals surface area contributed by atoms with Crippen LogP contribution in [0.25, 0.3) is 0 Å². The van der Waals surface area contributed by atoms with Gasteiger partial charge >= 0.3 is 6.03 Å². The van der Waals surface area contributed by atoms with E-state index in [4.69, 9.17) is 4.74 Å². The number of carbonyl (C=O) groups is 2. The molecular weight excluding hydrogens is 328 g/mol. The molecule has 8 heteroatoms. The Morgan fingerprint density at radius 3 is 2.75 bits per heavy atom. The third kappa shape index (κ3) is 6.35. The van der Waals surface area contributed by atoms with E-state index in [1.165, 1.54) is 11.3 Å². The van der Waals surface area contributed by atoms with Gasteiger partial charge in [0.1, 0.15) is 0 Å². The number of methoxy groups -OCH3 is 1. The summed E-state index contributed by atoms with van der Waals surface area (Å²) in [5, 5.41) is 10.5. The first-order valence-electron chi connectivity index (χ1n) is 7.50. The van der Waals surface area contributed by atoms with E-state index < -0.39 is 0 Å². The fourth-order valence-corrected chi connectivity index (χ4v) is 2.62. The van der Waals surface area contributed by atoms with Gasteiger partial charge in [-0.1, -0.05) is 18.2 Å². The Morgan fingerprint density at radius 2 is 2.00 bits per heavy atom. The van der Waals surface area contributed by atoms with E-state index >= 15 is 0 Å². The Morgan fingerprint density at radius 1 is 1.21 bits per heavy atom. The normalized spacial score (nSPS) is 10.2. The maximum Gasteiger partial charge on any atom is 0.325 e. The van der Waals surface area contributed by atoms with Crippen molar-refractivity contribution in [2.24, 2.45) is 0 Å². The van der Waals surface area contributed by atoms with Crippen LogP contribution in [0, 0.1) is 0 Å². The van der Waals surface area contributed by atoms with Crippen LogP contribution in [0.4, 0.5) is 15.6 Å². The summed E-state index contributed by atoms with van der Waals surface area (Å²) in [6.45, 7) is 0.992. The van der Waals surface area contributed by atoms with Gasteiger partial charge in [0.05, 0.1) is 12.3 Å². The molecule has 1 aromatic heterocycles. The summed E-state index contributed by atoms with van der Waals surface area (Å²) in [7, 11) is 1.59. The van der Waals surface area contributed by atoms with Gasteiger partial charge in [0.25, 0.3) is 0 Å². The lowest BCUT2D eigenvalue weighted by Crippen LogP contribution is -2.27. The van der Waals surface area contributed by atoms with Crippen molar-refractivity contribution >= 4 is 34.1 Å².